The van der Waals surface area contributed by atoms with Crippen molar-refractivity contribution in [3.63, 3.8) is 0 Å². The van der Waals surface area contributed by atoms with Crippen LogP contribution in [0.2, 0.25) is 0 Å². The summed E-state index contributed by atoms with van der Waals surface area (Å²) in [4.78, 5) is 18.4. The summed E-state index contributed by atoms with van der Waals surface area (Å²) in [6.45, 7) is 2.58. The first-order valence-electron chi connectivity index (χ1n) is 6.53. The summed E-state index contributed by atoms with van der Waals surface area (Å²) in [6.07, 6.45) is 5.01. The molecule has 0 spiro atoms. The average molecular weight is 247 g/mol. The summed E-state index contributed by atoms with van der Waals surface area (Å²) < 4.78 is 0. The van der Waals surface area contributed by atoms with Crippen LogP contribution in [0, 0.1) is 12.8 Å². The molecule has 98 valence electrons. The highest BCUT2D eigenvalue weighted by Crippen LogP contribution is 2.29. The van der Waals surface area contributed by atoms with E-state index in [0.29, 0.717) is 18.0 Å². The molecule has 2 rings (SSSR count). The Morgan fingerprint density at radius 2 is 2.28 bits per heavy atom. The highest BCUT2D eigenvalue weighted by molar-refractivity contribution is 5.94. The van der Waals surface area contributed by atoms with Crippen LogP contribution in [0.1, 0.15) is 35.3 Å². The quantitative estimate of drug-likeness (QED) is 0.882. The van der Waals surface area contributed by atoms with Crippen LogP contribution in [0.3, 0.4) is 0 Å². The van der Waals surface area contributed by atoms with Gasteiger partial charge < -0.3 is 10.6 Å². The molecule has 1 aromatic rings. The molecule has 1 heterocycles. The molecule has 1 saturated carbocycles. The van der Waals surface area contributed by atoms with Crippen LogP contribution < -0.4 is 5.73 Å². The van der Waals surface area contributed by atoms with Crippen molar-refractivity contribution < 1.29 is 4.79 Å². The summed E-state index contributed by atoms with van der Waals surface area (Å²) in [5.74, 6) is 0.491. The molecule has 18 heavy (non-hydrogen) atoms. The molecule has 2 atom stereocenters. The Morgan fingerprint density at radius 3 is 2.89 bits per heavy atom. The Hall–Kier alpha value is -1.42. The highest BCUT2D eigenvalue weighted by atomic mass is 16.2. The van der Waals surface area contributed by atoms with Crippen molar-refractivity contribution in [3.8, 4) is 0 Å². The first kappa shape index (κ1) is 13.0. The van der Waals surface area contributed by atoms with Gasteiger partial charge in [-0.1, -0.05) is 6.42 Å². The zero-order valence-corrected chi connectivity index (χ0v) is 11.1. The lowest BCUT2D eigenvalue weighted by atomic mass is 10.0. The number of carbonyl (C=O) groups is 1. The minimum Gasteiger partial charge on any atom is -0.338 e. The van der Waals surface area contributed by atoms with Crippen molar-refractivity contribution >= 4 is 5.91 Å². The lowest BCUT2D eigenvalue weighted by Crippen LogP contribution is -2.41. The maximum absolute atomic E-state index is 12.3. The van der Waals surface area contributed by atoms with Gasteiger partial charge in [-0.15, -0.1) is 0 Å². The molecule has 4 nitrogen and oxygen atoms in total. The highest BCUT2D eigenvalue weighted by Gasteiger charge is 2.32. The van der Waals surface area contributed by atoms with Crippen LogP contribution in [0.5, 0.6) is 0 Å². The van der Waals surface area contributed by atoms with Crippen molar-refractivity contribution in [2.75, 3.05) is 13.6 Å². The van der Waals surface area contributed by atoms with Crippen LogP contribution in [0.25, 0.3) is 0 Å². The second-order valence-electron chi connectivity index (χ2n) is 5.10. The third-order valence-corrected chi connectivity index (χ3v) is 3.90. The summed E-state index contributed by atoms with van der Waals surface area (Å²) in [5, 5.41) is 0. The predicted molar refractivity (Wildman–Crippen MR) is 71.3 cm³/mol. The molecule has 1 aromatic heterocycles. The molecule has 0 aromatic carbocycles. The number of nitrogens with zero attached hydrogens (tertiary/aromatic N) is 2. The fourth-order valence-electron chi connectivity index (χ4n) is 2.75. The van der Waals surface area contributed by atoms with E-state index in [4.69, 9.17) is 5.73 Å². The molecule has 1 aliphatic rings. The predicted octanol–water partition coefficient (Wildman–Crippen LogP) is 1.59. The number of amides is 1. The minimum atomic E-state index is 0.0489. The summed E-state index contributed by atoms with van der Waals surface area (Å²) in [6, 6.07) is 3.99. The van der Waals surface area contributed by atoms with Gasteiger partial charge in [0.15, 0.2) is 0 Å². The Balaban J connectivity index is 2.11. The van der Waals surface area contributed by atoms with Gasteiger partial charge in [0, 0.05) is 25.0 Å². The lowest BCUT2D eigenvalue weighted by molar-refractivity contribution is 0.0699. The third-order valence-electron chi connectivity index (χ3n) is 3.90. The summed E-state index contributed by atoms with van der Waals surface area (Å²) in [7, 11) is 1.88. The van der Waals surface area contributed by atoms with E-state index < -0.39 is 0 Å². The van der Waals surface area contributed by atoms with Gasteiger partial charge in [0.25, 0.3) is 5.91 Å². The van der Waals surface area contributed by atoms with Crippen molar-refractivity contribution in [2.24, 2.45) is 11.7 Å². The first-order valence-corrected chi connectivity index (χ1v) is 6.53. The number of aromatic nitrogens is 1. The van der Waals surface area contributed by atoms with E-state index in [9.17, 15) is 4.79 Å². The molecule has 2 N–H and O–H groups in total. The third kappa shape index (κ3) is 2.53. The summed E-state index contributed by atoms with van der Waals surface area (Å²) >= 11 is 0. The molecule has 1 amide bonds. The monoisotopic (exact) mass is 247 g/mol. The Labute approximate surface area is 108 Å². The first-order chi connectivity index (χ1) is 8.63. The van der Waals surface area contributed by atoms with Crippen molar-refractivity contribution in [1.82, 2.24) is 9.88 Å². The van der Waals surface area contributed by atoms with Gasteiger partial charge in [-0.05, 0) is 44.4 Å². The average Bonchev–Trinajstić information content (AvgIpc) is 2.86. The van der Waals surface area contributed by atoms with Gasteiger partial charge >= 0.3 is 0 Å². The van der Waals surface area contributed by atoms with Gasteiger partial charge in [0.1, 0.15) is 0 Å². The van der Waals surface area contributed by atoms with Crippen LogP contribution >= 0.6 is 0 Å². The van der Waals surface area contributed by atoms with Crippen molar-refractivity contribution in [3.05, 3.63) is 29.6 Å². The zero-order valence-electron chi connectivity index (χ0n) is 11.1. The van der Waals surface area contributed by atoms with Gasteiger partial charge in [0.05, 0.1) is 5.56 Å². The molecule has 0 bridgehead atoms. The molecule has 0 saturated heterocycles. The van der Waals surface area contributed by atoms with E-state index in [2.05, 4.69) is 4.98 Å². The van der Waals surface area contributed by atoms with Crippen LogP contribution in [0.15, 0.2) is 18.3 Å². The van der Waals surface area contributed by atoms with E-state index in [0.717, 1.165) is 25.0 Å². The Morgan fingerprint density at radius 1 is 1.50 bits per heavy atom. The van der Waals surface area contributed by atoms with Crippen molar-refractivity contribution in [1.29, 1.82) is 0 Å². The fourth-order valence-corrected chi connectivity index (χ4v) is 2.75. The van der Waals surface area contributed by atoms with E-state index in [-0.39, 0.29) is 11.9 Å². The normalized spacial score (nSPS) is 23.1. The number of hydrogen-bond acceptors (Lipinski definition) is 3. The molecule has 1 fully saturated rings. The standard InChI is InChI=1S/C14H21N3O/c1-10-6-7-12(9-16-10)14(18)17(2)13-5-3-4-11(13)8-15/h6-7,9,11,13H,3-5,8,15H2,1-2H3. The second kappa shape index (κ2) is 5.48. The molecule has 0 radical (unpaired) electrons. The van der Waals surface area contributed by atoms with E-state index in [1.54, 1.807) is 6.20 Å². The Kier molecular flexibility index (Phi) is 3.97. The molecule has 0 aliphatic heterocycles. The maximum Gasteiger partial charge on any atom is 0.255 e. The van der Waals surface area contributed by atoms with Gasteiger partial charge in [-0.2, -0.15) is 0 Å². The number of hydrogen-bond donors (Lipinski definition) is 1. The fraction of sp³-hybridized carbons (Fsp3) is 0.571. The topological polar surface area (TPSA) is 59.2 Å². The van der Waals surface area contributed by atoms with Crippen LogP contribution in [-0.4, -0.2) is 35.4 Å². The minimum absolute atomic E-state index is 0.0489. The van der Waals surface area contributed by atoms with E-state index in [1.807, 2.05) is 31.0 Å². The lowest BCUT2D eigenvalue weighted by Gasteiger charge is -2.29. The van der Waals surface area contributed by atoms with Crippen LogP contribution in [0.4, 0.5) is 0 Å². The van der Waals surface area contributed by atoms with Crippen molar-refractivity contribution in [2.45, 2.75) is 32.2 Å². The molecule has 2 unspecified atom stereocenters. The smallest absolute Gasteiger partial charge is 0.255 e. The van der Waals surface area contributed by atoms with E-state index >= 15 is 0 Å². The molecule has 4 heteroatoms. The zero-order chi connectivity index (χ0) is 13.1. The largest absolute Gasteiger partial charge is 0.338 e. The van der Waals surface area contributed by atoms with Gasteiger partial charge in [0.2, 0.25) is 0 Å². The maximum atomic E-state index is 12.3. The number of aryl methyl sites for hydroxylation is 1. The second-order valence-corrected chi connectivity index (χ2v) is 5.10. The molecular weight excluding hydrogens is 226 g/mol. The number of rotatable bonds is 3. The number of pyridine rings is 1. The van der Waals surface area contributed by atoms with Gasteiger partial charge in [-0.3, -0.25) is 9.78 Å². The number of nitrogens with two attached hydrogens (primary N) is 1. The van der Waals surface area contributed by atoms with Crippen LogP contribution in [-0.2, 0) is 0 Å². The molecule has 1 aliphatic carbocycles. The molecular formula is C14H21N3O. The van der Waals surface area contributed by atoms with E-state index in [1.165, 1.54) is 0 Å². The Bertz CT molecular complexity index is 416. The number of carbonyl (C=O) groups excluding carboxylic acids is 1. The SMILES string of the molecule is Cc1ccc(C(=O)N(C)C2CCCC2CN)cn1. The summed E-state index contributed by atoms with van der Waals surface area (Å²) in [5.41, 5.74) is 7.35. The van der Waals surface area contributed by atoms with Gasteiger partial charge in [-0.25, -0.2) is 0 Å².